The van der Waals surface area contributed by atoms with Gasteiger partial charge >= 0.3 is 0 Å². The molecule has 0 saturated carbocycles. The monoisotopic (exact) mass is 276 g/mol. The zero-order chi connectivity index (χ0) is 14.7. The van der Waals surface area contributed by atoms with E-state index >= 15 is 0 Å². The highest BCUT2D eigenvalue weighted by Crippen LogP contribution is 2.34. The highest BCUT2D eigenvalue weighted by molar-refractivity contribution is 5.97. The Morgan fingerprint density at radius 1 is 1.45 bits per heavy atom. The number of carbonyl (C=O) groups is 1. The van der Waals surface area contributed by atoms with Crippen molar-refractivity contribution in [3.8, 4) is 11.4 Å². The van der Waals surface area contributed by atoms with Crippen molar-refractivity contribution in [1.29, 1.82) is 0 Å². The summed E-state index contributed by atoms with van der Waals surface area (Å²) in [5.41, 5.74) is 6.76. The fraction of sp³-hybridized carbons (Fsp3) is 0.308. The van der Waals surface area contributed by atoms with Crippen molar-refractivity contribution in [2.45, 2.75) is 12.8 Å². The number of hydrogen-bond acceptors (Lipinski definition) is 5. The van der Waals surface area contributed by atoms with E-state index in [2.05, 4.69) is 10.2 Å². The second-order valence-electron chi connectivity index (χ2n) is 4.34. The first-order valence-electron chi connectivity index (χ1n) is 6.08. The predicted octanol–water partition coefficient (Wildman–Crippen LogP) is 0.471. The number of aromatic nitrogens is 3. The highest BCUT2D eigenvalue weighted by atomic mass is 16.5. The Balaban J connectivity index is 2.79. The van der Waals surface area contributed by atoms with E-state index in [4.69, 9.17) is 10.5 Å². The first-order chi connectivity index (χ1) is 9.60. The minimum absolute atomic E-state index is 0.104. The molecule has 3 N–H and O–H groups in total. The maximum atomic E-state index is 11.6. The Labute approximate surface area is 116 Å². The second-order valence-corrected chi connectivity index (χ2v) is 4.34. The Morgan fingerprint density at radius 3 is 2.60 bits per heavy atom. The van der Waals surface area contributed by atoms with Gasteiger partial charge in [-0.1, -0.05) is 6.92 Å². The summed E-state index contributed by atoms with van der Waals surface area (Å²) in [5.74, 6) is -0.305. The van der Waals surface area contributed by atoms with Crippen LogP contribution in [0.1, 0.15) is 28.8 Å². The molecular formula is C13H16N4O3. The third-order valence-electron chi connectivity index (χ3n) is 3.05. The van der Waals surface area contributed by atoms with Gasteiger partial charge in [0.05, 0.1) is 25.1 Å². The summed E-state index contributed by atoms with van der Waals surface area (Å²) in [7, 11) is 1.52. The minimum Gasteiger partial charge on any atom is -0.496 e. The highest BCUT2D eigenvalue weighted by Gasteiger charge is 2.23. The number of hydrogen-bond donors (Lipinski definition) is 2. The zero-order valence-electron chi connectivity index (χ0n) is 11.3. The van der Waals surface area contributed by atoms with Gasteiger partial charge in [-0.25, -0.2) is 0 Å². The van der Waals surface area contributed by atoms with Crippen LogP contribution in [-0.4, -0.2) is 39.7 Å². The number of methoxy groups -OCH3 is 1. The molecule has 7 heteroatoms. The lowest BCUT2D eigenvalue weighted by molar-refractivity contribution is 0.0999. The number of nitrogens with two attached hydrogens (primary N) is 1. The van der Waals surface area contributed by atoms with Crippen molar-refractivity contribution >= 4 is 5.91 Å². The predicted molar refractivity (Wildman–Crippen MR) is 71.9 cm³/mol. The Bertz CT molecular complexity index is 610. The number of ether oxygens (including phenoxy) is 1. The van der Waals surface area contributed by atoms with Crippen LogP contribution in [0.2, 0.25) is 0 Å². The molecule has 20 heavy (non-hydrogen) atoms. The van der Waals surface area contributed by atoms with Gasteiger partial charge in [-0.15, -0.1) is 0 Å². The van der Waals surface area contributed by atoms with Crippen LogP contribution in [0.25, 0.3) is 5.69 Å². The lowest BCUT2D eigenvalue weighted by Crippen LogP contribution is -2.19. The van der Waals surface area contributed by atoms with Crippen LogP contribution in [0.5, 0.6) is 5.75 Å². The van der Waals surface area contributed by atoms with Crippen LogP contribution in [0, 0.1) is 0 Å². The van der Waals surface area contributed by atoms with Gasteiger partial charge in [-0.05, 0) is 12.1 Å². The fourth-order valence-electron chi connectivity index (χ4n) is 2.08. The number of carbonyl (C=O) groups excluding carboxylic acids is 1. The SMILES string of the molecule is COc1ccc(C(N)=O)c(-n2nccn2)c1[C@H](C)CO. The summed E-state index contributed by atoms with van der Waals surface area (Å²) in [6.07, 6.45) is 3.00. The molecule has 0 radical (unpaired) electrons. The molecule has 7 nitrogen and oxygen atoms in total. The molecule has 1 aromatic carbocycles. The van der Waals surface area contributed by atoms with Crippen LogP contribution >= 0.6 is 0 Å². The normalized spacial score (nSPS) is 12.2. The first kappa shape index (κ1) is 14.0. The van der Waals surface area contributed by atoms with E-state index in [1.54, 1.807) is 12.1 Å². The molecule has 0 unspecified atom stereocenters. The quantitative estimate of drug-likeness (QED) is 0.826. The summed E-state index contributed by atoms with van der Waals surface area (Å²) >= 11 is 0. The lowest BCUT2D eigenvalue weighted by atomic mass is 9.95. The largest absolute Gasteiger partial charge is 0.496 e. The summed E-state index contributed by atoms with van der Waals surface area (Å²) in [5, 5.41) is 17.5. The smallest absolute Gasteiger partial charge is 0.250 e. The molecule has 1 heterocycles. The molecule has 0 aliphatic heterocycles. The number of aliphatic hydroxyl groups excluding tert-OH is 1. The average molecular weight is 276 g/mol. The minimum atomic E-state index is -0.591. The first-order valence-corrected chi connectivity index (χ1v) is 6.08. The molecule has 2 aromatic rings. The molecule has 0 aliphatic carbocycles. The summed E-state index contributed by atoms with van der Waals surface area (Å²) in [4.78, 5) is 12.9. The van der Waals surface area contributed by atoms with Gasteiger partial charge in [-0.3, -0.25) is 4.79 Å². The number of primary amides is 1. The molecule has 1 atom stereocenters. The second kappa shape index (κ2) is 5.70. The van der Waals surface area contributed by atoms with Crippen molar-refractivity contribution in [3.05, 3.63) is 35.7 Å². The van der Waals surface area contributed by atoms with Crippen molar-refractivity contribution in [2.75, 3.05) is 13.7 Å². The molecule has 0 aliphatic rings. The summed E-state index contributed by atoms with van der Waals surface area (Å²) in [6.45, 7) is 1.71. The number of amides is 1. The van der Waals surface area contributed by atoms with E-state index in [0.717, 1.165) is 0 Å². The molecule has 0 fully saturated rings. The summed E-state index contributed by atoms with van der Waals surface area (Å²) in [6, 6.07) is 3.21. The van der Waals surface area contributed by atoms with E-state index < -0.39 is 5.91 Å². The Morgan fingerprint density at radius 2 is 2.10 bits per heavy atom. The molecule has 0 saturated heterocycles. The molecule has 2 rings (SSSR count). The number of nitrogens with zero attached hydrogens (tertiary/aromatic N) is 3. The standard InChI is InChI=1S/C13H16N4O3/c1-8(7-18)11-10(20-2)4-3-9(13(14)19)12(11)17-15-5-6-16-17/h3-6,8,18H,7H2,1-2H3,(H2,14,19)/t8-/m1/s1. The van der Waals surface area contributed by atoms with Crippen molar-refractivity contribution < 1.29 is 14.6 Å². The summed E-state index contributed by atoms with van der Waals surface area (Å²) < 4.78 is 5.31. The lowest BCUT2D eigenvalue weighted by Gasteiger charge is -2.19. The van der Waals surface area contributed by atoms with Gasteiger partial charge in [0.1, 0.15) is 11.4 Å². The fourth-order valence-corrected chi connectivity index (χ4v) is 2.08. The van der Waals surface area contributed by atoms with E-state index in [0.29, 0.717) is 17.0 Å². The maximum absolute atomic E-state index is 11.6. The molecular weight excluding hydrogens is 260 g/mol. The van der Waals surface area contributed by atoms with E-state index in [9.17, 15) is 9.90 Å². The van der Waals surface area contributed by atoms with Gasteiger partial charge in [0.2, 0.25) is 0 Å². The van der Waals surface area contributed by atoms with Crippen LogP contribution in [0.3, 0.4) is 0 Å². The number of rotatable bonds is 5. The van der Waals surface area contributed by atoms with Crippen LogP contribution in [0.4, 0.5) is 0 Å². The van der Waals surface area contributed by atoms with Gasteiger partial charge < -0.3 is 15.6 Å². The van der Waals surface area contributed by atoms with Crippen molar-refractivity contribution in [2.24, 2.45) is 5.73 Å². The van der Waals surface area contributed by atoms with Crippen molar-refractivity contribution in [1.82, 2.24) is 15.0 Å². The van der Waals surface area contributed by atoms with E-state index in [1.807, 2.05) is 6.92 Å². The third kappa shape index (κ3) is 2.35. The average Bonchev–Trinajstić information content (AvgIpc) is 2.98. The number of benzene rings is 1. The van der Waals surface area contributed by atoms with Crippen LogP contribution in [0.15, 0.2) is 24.5 Å². The molecule has 1 aromatic heterocycles. The molecule has 106 valence electrons. The van der Waals surface area contributed by atoms with Crippen LogP contribution in [-0.2, 0) is 0 Å². The van der Waals surface area contributed by atoms with Crippen molar-refractivity contribution in [3.63, 3.8) is 0 Å². The third-order valence-corrected chi connectivity index (χ3v) is 3.05. The molecule has 0 spiro atoms. The van der Waals surface area contributed by atoms with Gasteiger partial charge in [0.25, 0.3) is 5.91 Å². The van der Waals surface area contributed by atoms with Gasteiger partial charge in [0.15, 0.2) is 0 Å². The number of aliphatic hydroxyl groups is 1. The van der Waals surface area contributed by atoms with Gasteiger partial charge in [0, 0.05) is 18.1 Å². The Kier molecular flexibility index (Phi) is 3.99. The van der Waals surface area contributed by atoms with Crippen LogP contribution < -0.4 is 10.5 Å². The molecule has 0 bridgehead atoms. The topological polar surface area (TPSA) is 103 Å². The molecule has 1 amide bonds. The zero-order valence-corrected chi connectivity index (χ0v) is 11.3. The Hall–Kier alpha value is -2.41. The van der Waals surface area contributed by atoms with E-state index in [1.165, 1.54) is 24.3 Å². The van der Waals surface area contributed by atoms with E-state index in [-0.39, 0.29) is 18.1 Å². The maximum Gasteiger partial charge on any atom is 0.250 e. The van der Waals surface area contributed by atoms with Gasteiger partial charge in [-0.2, -0.15) is 15.0 Å².